The van der Waals surface area contributed by atoms with Crippen LogP contribution in [0.5, 0.6) is 5.75 Å². The Bertz CT molecular complexity index is 1010. The van der Waals surface area contributed by atoms with Crippen molar-refractivity contribution in [3.63, 3.8) is 0 Å². The third kappa shape index (κ3) is 3.97. The number of carbonyl (C=O) groups excluding carboxylic acids is 1. The van der Waals surface area contributed by atoms with Crippen LogP contribution in [0.4, 0.5) is 0 Å². The number of fused-ring (bicyclic) bond motifs is 1. The summed E-state index contributed by atoms with van der Waals surface area (Å²) < 4.78 is 12.5. The quantitative estimate of drug-likeness (QED) is 0.692. The van der Waals surface area contributed by atoms with Crippen molar-refractivity contribution in [1.82, 2.24) is 14.9 Å². The second-order valence-electron chi connectivity index (χ2n) is 7.35. The molecular weight excluding hydrogens is 370 g/mol. The molecule has 7 heteroatoms. The summed E-state index contributed by atoms with van der Waals surface area (Å²) in [6.07, 6.45) is 3.45. The first-order valence-corrected chi connectivity index (χ1v) is 9.71. The molecule has 152 valence electrons. The lowest BCUT2D eigenvalue weighted by atomic mass is 10.1. The zero-order valence-electron chi connectivity index (χ0n) is 16.6. The van der Waals surface area contributed by atoms with Crippen molar-refractivity contribution >= 4 is 16.9 Å². The summed E-state index contributed by atoms with van der Waals surface area (Å²) in [7, 11) is 1.64. The number of methoxy groups -OCH3 is 1. The molecule has 1 aromatic carbocycles. The summed E-state index contributed by atoms with van der Waals surface area (Å²) in [5.41, 5.74) is 4.25. The number of nitrogens with zero attached hydrogens (tertiary/aromatic N) is 2. The number of benzene rings is 1. The van der Waals surface area contributed by atoms with E-state index in [-0.39, 0.29) is 18.6 Å². The minimum Gasteiger partial charge on any atom is -0.497 e. The van der Waals surface area contributed by atoms with E-state index in [1.165, 1.54) is 0 Å². The molecule has 0 radical (unpaired) electrons. The zero-order chi connectivity index (χ0) is 20.4. The Labute approximate surface area is 169 Å². The number of carbonyl (C=O) groups is 1. The Morgan fingerprint density at radius 1 is 1.34 bits per heavy atom. The van der Waals surface area contributed by atoms with Crippen molar-refractivity contribution in [1.29, 1.82) is 0 Å². The van der Waals surface area contributed by atoms with Gasteiger partial charge < -0.3 is 24.5 Å². The van der Waals surface area contributed by atoms with E-state index in [0.29, 0.717) is 30.7 Å². The third-order valence-corrected chi connectivity index (χ3v) is 5.35. The first-order chi connectivity index (χ1) is 14.1. The average molecular weight is 395 g/mol. The lowest BCUT2D eigenvalue weighted by molar-refractivity contribution is -0.0260. The highest BCUT2D eigenvalue weighted by atomic mass is 16.5. The number of nitrogens with one attached hydrogen (secondary N) is 1. The van der Waals surface area contributed by atoms with Crippen molar-refractivity contribution in [2.24, 2.45) is 0 Å². The molecule has 1 amide bonds. The van der Waals surface area contributed by atoms with Crippen molar-refractivity contribution in [2.45, 2.75) is 32.0 Å². The highest BCUT2D eigenvalue weighted by molar-refractivity contribution is 6.06. The van der Waals surface area contributed by atoms with Gasteiger partial charge >= 0.3 is 0 Å². The average Bonchev–Trinajstić information content (AvgIpc) is 3.10. The zero-order valence-corrected chi connectivity index (χ0v) is 16.6. The lowest BCUT2D eigenvalue weighted by Crippen LogP contribution is -2.48. The highest BCUT2D eigenvalue weighted by Crippen LogP contribution is 2.24. The molecular formula is C22H25N3O4. The number of hydrogen-bond donors (Lipinski definition) is 2. The maximum atomic E-state index is 13.0. The highest BCUT2D eigenvalue weighted by Gasteiger charge is 2.27. The van der Waals surface area contributed by atoms with Gasteiger partial charge in [0.2, 0.25) is 0 Å². The number of ether oxygens (including phenoxy) is 2. The van der Waals surface area contributed by atoms with Gasteiger partial charge in [-0.15, -0.1) is 0 Å². The van der Waals surface area contributed by atoms with Crippen LogP contribution in [0.3, 0.4) is 0 Å². The number of aryl methyl sites for hydroxylation is 1. The Morgan fingerprint density at radius 2 is 2.14 bits per heavy atom. The molecule has 7 nitrogen and oxygen atoms in total. The van der Waals surface area contributed by atoms with Crippen molar-refractivity contribution in [3.8, 4) is 5.75 Å². The van der Waals surface area contributed by atoms with Crippen LogP contribution in [0.15, 0.2) is 42.7 Å². The van der Waals surface area contributed by atoms with Gasteiger partial charge in [0.25, 0.3) is 5.91 Å². The minimum absolute atomic E-state index is 0.229. The Balaban J connectivity index is 1.66. The molecule has 1 aliphatic rings. The first-order valence-electron chi connectivity index (χ1n) is 9.71. The molecule has 1 fully saturated rings. The molecule has 29 heavy (non-hydrogen) atoms. The molecule has 3 aromatic rings. The molecule has 1 unspecified atom stereocenters. The van der Waals surface area contributed by atoms with Crippen LogP contribution < -0.4 is 10.1 Å². The number of aliphatic hydroxyl groups is 1. The normalized spacial score (nSPS) is 19.3. The van der Waals surface area contributed by atoms with E-state index in [9.17, 15) is 9.90 Å². The largest absolute Gasteiger partial charge is 0.497 e. The molecule has 0 aliphatic carbocycles. The van der Waals surface area contributed by atoms with E-state index in [4.69, 9.17) is 9.47 Å². The van der Waals surface area contributed by atoms with Crippen LogP contribution in [0.25, 0.3) is 11.0 Å². The molecule has 2 aromatic heterocycles. The Morgan fingerprint density at radius 3 is 2.86 bits per heavy atom. The third-order valence-electron chi connectivity index (χ3n) is 5.35. The van der Waals surface area contributed by atoms with Crippen LogP contribution in [0.1, 0.15) is 27.9 Å². The smallest absolute Gasteiger partial charge is 0.255 e. The van der Waals surface area contributed by atoms with Crippen LogP contribution in [-0.2, 0) is 11.3 Å². The summed E-state index contributed by atoms with van der Waals surface area (Å²) in [5, 5.41) is 13.0. The molecule has 1 saturated heterocycles. The number of aromatic nitrogens is 2. The van der Waals surface area contributed by atoms with Gasteiger partial charge in [-0.2, -0.15) is 0 Å². The van der Waals surface area contributed by atoms with Gasteiger partial charge in [-0.25, -0.2) is 0 Å². The Hall–Kier alpha value is -2.90. The van der Waals surface area contributed by atoms with E-state index in [0.717, 1.165) is 22.4 Å². The first kappa shape index (κ1) is 19.4. The SMILES string of the molecule is COc1ccc(Cn2cc(C(=O)NC3CCOC[C@@H]3O)c3nccc(C)c32)cc1. The summed E-state index contributed by atoms with van der Waals surface area (Å²) in [5.74, 6) is 0.576. The van der Waals surface area contributed by atoms with E-state index in [1.807, 2.05) is 43.5 Å². The van der Waals surface area contributed by atoms with Gasteiger partial charge in [0, 0.05) is 25.5 Å². The molecule has 4 rings (SSSR count). The van der Waals surface area contributed by atoms with Crippen molar-refractivity contribution in [3.05, 3.63) is 59.4 Å². The summed E-state index contributed by atoms with van der Waals surface area (Å²) in [4.78, 5) is 17.5. The van der Waals surface area contributed by atoms with E-state index in [2.05, 4.69) is 14.9 Å². The fourth-order valence-electron chi connectivity index (χ4n) is 3.75. The molecule has 2 N–H and O–H groups in total. The molecule has 3 heterocycles. The standard InChI is InChI=1S/C22H25N3O4/c1-14-7-9-23-20-17(22(27)24-18-8-10-29-13-19(18)26)12-25(21(14)20)11-15-3-5-16(28-2)6-4-15/h3-7,9,12,18-19,26H,8,10-11,13H2,1-2H3,(H,24,27)/t18?,19-/m0/s1. The molecule has 0 spiro atoms. The van der Waals surface area contributed by atoms with Gasteiger partial charge in [-0.1, -0.05) is 12.1 Å². The molecule has 0 saturated carbocycles. The Kier molecular flexibility index (Phi) is 5.51. The lowest BCUT2D eigenvalue weighted by Gasteiger charge is -2.28. The van der Waals surface area contributed by atoms with Crippen LogP contribution >= 0.6 is 0 Å². The number of amides is 1. The number of aliphatic hydroxyl groups excluding tert-OH is 1. The predicted molar refractivity (Wildman–Crippen MR) is 109 cm³/mol. The van der Waals surface area contributed by atoms with Crippen LogP contribution in [0, 0.1) is 6.92 Å². The van der Waals surface area contributed by atoms with E-state index in [1.54, 1.807) is 13.3 Å². The maximum absolute atomic E-state index is 13.0. The maximum Gasteiger partial charge on any atom is 0.255 e. The van der Waals surface area contributed by atoms with Crippen LogP contribution in [0.2, 0.25) is 0 Å². The second kappa shape index (κ2) is 8.23. The predicted octanol–water partition coefficient (Wildman–Crippen LogP) is 2.28. The van der Waals surface area contributed by atoms with Gasteiger partial charge in [-0.05, 0) is 42.7 Å². The topological polar surface area (TPSA) is 85.6 Å². The van der Waals surface area contributed by atoms with Gasteiger partial charge in [-0.3, -0.25) is 9.78 Å². The molecule has 2 atom stereocenters. The molecule has 1 aliphatic heterocycles. The molecule has 0 bridgehead atoms. The van der Waals surface area contributed by atoms with Gasteiger partial charge in [0.05, 0.1) is 36.9 Å². The summed E-state index contributed by atoms with van der Waals surface area (Å²) >= 11 is 0. The number of hydrogen-bond acceptors (Lipinski definition) is 5. The number of rotatable bonds is 5. The van der Waals surface area contributed by atoms with E-state index >= 15 is 0 Å². The fraction of sp³-hybridized carbons (Fsp3) is 0.364. The van der Waals surface area contributed by atoms with Gasteiger partial charge in [0.1, 0.15) is 11.3 Å². The van der Waals surface area contributed by atoms with Crippen molar-refractivity contribution in [2.75, 3.05) is 20.3 Å². The summed E-state index contributed by atoms with van der Waals surface area (Å²) in [6.45, 7) is 3.39. The van der Waals surface area contributed by atoms with Crippen molar-refractivity contribution < 1.29 is 19.4 Å². The summed E-state index contributed by atoms with van der Waals surface area (Å²) in [6, 6.07) is 9.49. The fourth-order valence-corrected chi connectivity index (χ4v) is 3.75. The van der Waals surface area contributed by atoms with Gasteiger partial charge in [0.15, 0.2) is 0 Å². The van der Waals surface area contributed by atoms with E-state index < -0.39 is 6.10 Å². The monoisotopic (exact) mass is 395 g/mol. The van der Waals surface area contributed by atoms with Crippen LogP contribution in [-0.4, -0.2) is 53.0 Å². The number of pyridine rings is 1. The minimum atomic E-state index is -0.699. The second-order valence-corrected chi connectivity index (χ2v) is 7.35.